The SMILES string of the molecule is CCC(C)(C)S(=O)(=O)CC1(NC(=O)N[C@H](C(=O)N2C[C@H]3[C@@H]([C@H]2C(=O)NC(CC2CC2)C(=O)C(=O)NC2CC2)[C@]3(C)COCc2ccccc2)C2(C)CCCCC2)CCCCC1. The molecule has 4 N–H and O–H groups in total. The average molecular weight is 866 g/mol. The third-order valence-corrected chi connectivity index (χ3v) is 18.6. The van der Waals surface area contributed by atoms with Crippen molar-refractivity contribution in [2.75, 3.05) is 18.9 Å². The van der Waals surface area contributed by atoms with Gasteiger partial charge in [-0.05, 0) is 88.0 Å². The van der Waals surface area contributed by atoms with Crippen molar-refractivity contribution < 1.29 is 37.1 Å². The van der Waals surface area contributed by atoms with Gasteiger partial charge in [-0.2, -0.15) is 0 Å². The Morgan fingerprint density at radius 1 is 0.885 bits per heavy atom. The Labute approximate surface area is 363 Å². The number of hydrogen-bond acceptors (Lipinski definition) is 8. The number of likely N-dealkylation sites (tertiary alicyclic amines) is 1. The number of benzene rings is 1. The summed E-state index contributed by atoms with van der Waals surface area (Å²) in [7, 11) is -3.61. The molecule has 6 atom stereocenters. The van der Waals surface area contributed by atoms with Crippen molar-refractivity contribution in [3.8, 4) is 0 Å². The molecule has 1 unspecified atom stereocenters. The molecular formula is C47H71N5O8S. The fourth-order valence-corrected chi connectivity index (χ4v) is 12.6. The Balaban J connectivity index is 1.15. The molecule has 1 saturated heterocycles. The van der Waals surface area contributed by atoms with Crippen LogP contribution < -0.4 is 21.3 Å². The van der Waals surface area contributed by atoms with E-state index in [2.05, 4.69) is 28.2 Å². The molecule has 5 saturated carbocycles. The first-order valence-corrected chi connectivity index (χ1v) is 24.9. The quantitative estimate of drug-likeness (QED) is 0.127. The van der Waals surface area contributed by atoms with E-state index in [0.717, 1.165) is 69.8 Å². The van der Waals surface area contributed by atoms with Crippen molar-refractivity contribution in [3.05, 3.63) is 35.9 Å². The minimum absolute atomic E-state index is 0.0103. The van der Waals surface area contributed by atoms with Crippen LogP contribution in [0, 0.1) is 28.6 Å². The summed E-state index contributed by atoms with van der Waals surface area (Å²) in [5.74, 6) is -2.42. The van der Waals surface area contributed by atoms with Crippen LogP contribution in [-0.2, 0) is 40.4 Å². The fourth-order valence-electron chi connectivity index (χ4n) is 10.7. The summed E-state index contributed by atoms with van der Waals surface area (Å²) < 4.78 is 32.9. The molecule has 0 spiro atoms. The van der Waals surface area contributed by atoms with Gasteiger partial charge in [0.25, 0.3) is 5.91 Å². The van der Waals surface area contributed by atoms with Crippen LogP contribution in [0.4, 0.5) is 4.79 Å². The van der Waals surface area contributed by atoms with Gasteiger partial charge in [-0.3, -0.25) is 19.2 Å². The third-order valence-electron chi connectivity index (χ3n) is 15.7. The number of nitrogens with zero attached hydrogens (tertiary/aromatic N) is 1. The minimum Gasteiger partial charge on any atom is -0.376 e. The van der Waals surface area contributed by atoms with Crippen LogP contribution >= 0.6 is 0 Å². The maximum absolute atomic E-state index is 15.3. The summed E-state index contributed by atoms with van der Waals surface area (Å²) in [6, 6.07) is 6.34. The van der Waals surface area contributed by atoms with Crippen LogP contribution in [0.2, 0.25) is 0 Å². The van der Waals surface area contributed by atoms with Crippen molar-refractivity contribution >= 4 is 39.4 Å². The molecule has 6 fully saturated rings. The smallest absolute Gasteiger partial charge is 0.315 e. The van der Waals surface area contributed by atoms with Gasteiger partial charge in [0.1, 0.15) is 12.1 Å². The number of urea groups is 1. The summed E-state index contributed by atoms with van der Waals surface area (Å²) in [6.45, 7) is 10.5. The highest BCUT2D eigenvalue weighted by Gasteiger charge is 2.72. The highest BCUT2D eigenvalue weighted by Crippen LogP contribution is 2.65. The lowest BCUT2D eigenvalue weighted by molar-refractivity contribution is -0.146. The first-order chi connectivity index (χ1) is 28.9. The van der Waals surface area contributed by atoms with Crippen molar-refractivity contribution in [1.29, 1.82) is 0 Å². The Hall–Kier alpha value is -3.52. The number of hydrogen-bond donors (Lipinski definition) is 4. The number of fused-ring (bicyclic) bond motifs is 1. The summed E-state index contributed by atoms with van der Waals surface area (Å²) in [4.78, 5) is 72.9. The van der Waals surface area contributed by atoms with Crippen molar-refractivity contribution in [1.82, 2.24) is 26.2 Å². The van der Waals surface area contributed by atoms with E-state index in [1.807, 2.05) is 44.2 Å². The minimum atomic E-state index is -3.61. The zero-order chi connectivity index (χ0) is 43.8. The van der Waals surface area contributed by atoms with Gasteiger partial charge in [-0.1, -0.05) is 102 Å². The molecule has 338 valence electrons. The van der Waals surface area contributed by atoms with Gasteiger partial charge >= 0.3 is 6.03 Å². The van der Waals surface area contributed by atoms with Crippen LogP contribution in [-0.4, -0.2) is 96.2 Å². The molecule has 0 radical (unpaired) electrons. The number of ketones is 1. The summed E-state index contributed by atoms with van der Waals surface area (Å²) >= 11 is 0. The molecule has 5 amide bonds. The van der Waals surface area contributed by atoms with Crippen molar-refractivity contribution in [2.24, 2.45) is 28.6 Å². The van der Waals surface area contributed by atoms with E-state index in [4.69, 9.17) is 4.74 Å². The second-order valence-corrected chi connectivity index (χ2v) is 23.5. The molecule has 7 rings (SSSR count). The Bertz CT molecular complexity index is 1900. The third kappa shape index (κ3) is 10.2. The van der Waals surface area contributed by atoms with Gasteiger partial charge in [-0.25, -0.2) is 13.2 Å². The molecule has 13 nitrogen and oxygen atoms in total. The van der Waals surface area contributed by atoms with Crippen LogP contribution in [0.1, 0.15) is 143 Å². The number of ether oxygens (including phenoxy) is 1. The van der Waals surface area contributed by atoms with E-state index in [9.17, 15) is 27.6 Å². The standard InChI is InChI=1S/C47H71N5O8S/c1-6-44(2,3)61(58,59)30-47(24-14-9-15-25-47)51-43(57)50-39(45(4)22-12-8-13-23-45)42(56)52-27-34-36(46(34,5)29-60-28-32-16-10-7-11-17-32)37(52)40(54)49-35(26-31-18-19-31)38(53)41(55)48-33-20-21-33/h7,10-11,16-17,31,33-37,39H,6,8-9,12-15,18-30H2,1-5H3,(H,48,55)(H,49,54)(H2,50,51,57)/t34-,35?,36-,37-,39+,46+/m0/s1. The average Bonchev–Trinajstić information content (AvgIpc) is 4.19. The Morgan fingerprint density at radius 2 is 1.52 bits per heavy atom. The molecule has 1 aliphatic heterocycles. The topological polar surface area (TPSA) is 180 Å². The van der Waals surface area contributed by atoms with Gasteiger partial charge in [0, 0.05) is 23.9 Å². The van der Waals surface area contributed by atoms with Crippen LogP contribution in [0.3, 0.4) is 0 Å². The number of rotatable bonds is 19. The maximum Gasteiger partial charge on any atom is 0.315 e. The lowest BCUT2D eigenvalue weighted by Crippen LogP contribution is -2.65. The largest absolute Gasteiger partial charge is 0.376 e. The monoisotopic (exact) mass is 866 g/mol. The lowest BCUT2D eigenvalue weighted by Gasteiger charge is -2.44. The van der Waals surface area contributed by atoms with Gasteiger partial charge in [0.05, 0.1) is 35.3 Å². The van der Waals surface area contributed by atoms with Crippen LogP contribution in [0.25, 0.3) is 0 Å². The normalized spacial score (nSPS) is 27.8. The number of piperidine rings is 1. The number of carbonyl (C=O) groups excluding carboxylic acids is 5. The summed E-state index contributed by atoms with van der Waals surface area (Å²) in [5, 5.41) is 12.0. The van der Waals surface area contributed by atoms with Gasteiger partial charge < -0.3 is 30.9 Å². The van der Waals surface area contributed by atoms with E-state index >= 15 is 4.79 Å². The molecule has 1 aromatic rings. The first kappa shape index (κ1) is 45.5. The number of carbonyl (C=O) groups is 5. The van der Waals surface area contributed by atoms with E-state index in [1.54, 1.807) is 18.7 Å². The highest BCUT2D eigenvalue weighted by molar-refractivity contribution is 7.92. The molecule has 0 aromatic heterocycles. The molecule has 1 aromatic carbocycles. The van der Waals surface area contributed by atoms with Gasteiger partial charge in [0.2, 0.25) is 17.6 Å². The molecule has 0 bridgehead atoms. The number of sulfone groups is 1. The number of amides is 5. The molecule has 5 aliphatic carbocycles. The molecular weight excluding hydrogens is 795 g/mol. The van der Waals surface area contributed by atoms with Crippen molar-refractivity contribution in [3.63, 3.8) is 0 Å². The first-order valence-electron chi connectivity index (χ1n) is 23.3. The van der Waals surface area contributed by atoms with Gasteiger partial charge in [0.15, 0.2) is 9.84 Å². The lowest BCUT2D eigenvalue weighted by atomic mass is 9.70. The van der Waals surface area contributed by atoms with Crippen LogP contribution in [0.5, 0.6) is 0 Å². The highest BCUT2D eigenvalue weighted by atomic mass is 32.2. The number of Topliss-reactive ketones (excluding diaryl/α,β-unsaturated/α-hetero) is 1. The molecule has 1 heterocycles. The second-order valence-electron chi connectivity index (χ2n) is 20.9. The Morgan fingerprint density at radius 3 is 2.13 bits per heavy atom. The summed E-state index contributed by atoms with van der Waals surface area (Å²) in [6.07, 6.45) is 12.1. The van der Waals surface area contributed by atoms with E-state index < -0.39 is 72.7 Å². The zero-order valence-electron chi connectivity index (χ0n) is 37.2. The molecule has 6 aliphatic rings. The van der Waals surface area contributed by atoms with E-state index in [-0.39, 0.29) is 42.0 Å². The van der Waals surface area contributed by atoms with Crippen LogP contribution in [0.15, 0.2) is 30.3 Å². The molecule has 61 heavy (non-hydrogen) atoms. The second kappa shape index (κ2) is 17.9. The summed E-state index contributed by atoms with van der Waals surface area (Å²) in [5.41, 5.74) is -0.983. The van der Waals surface area contributed by atoms with Gasteiger partial charge in [-0.15, -0.1) is 0 Å². The zero-order valence-corrected chi connectivity index (χ0v) is 38.0. The maximum atomic E-state index is 15.3. The predicted octanol–water partition coefficient (Wildman–Crippen LogP) is 5.74. The fraction of sp³-hybridized carbons (Fsp3) is 0.766. The predicted molar refractivity (Wildman–Crippen MR) is 233 cm³/mol. The molecule has 14 heteroatoms. The van der Waals surface area contributed by atoms with E-state index in [1.165, 1.54) is 0 Å². The van der Waals surface area contributed by atoms with E-state index in [0.29, 0.717) is 51.7 Å². The van der Waals surface area contributed by atoms with Crippen molar-refractivity contribution in [2.45, 2.75) is 178 Å². The Kier molecular flexibility index (Phi) is 13.4. The number of nitrogens with one attached hydrogen (secondary N) is 4.